The van der Waals surface area contributed by atoms with Crippen LogP contribution in [-0.2, 0) is 17.9 Å². The number of carbonyl (C=O) groups excluding carboxylic acids is 1. The normalized spacial score (nSPS) is 11.6. The first-order valence-corrected chi connectivity index (χ1v) is 10.1. The molecule has 144 valence electrons. The molecular formula is C18H22ClN5O2S. The zero-order chi connectivity index (χ0) is 20.0. The van der Waals surface area contributed by atoms with Gasteiger partial charge < -0.3 is 20.9 Å². The number of carbonyl (C=O) groups is 1. The molecule has 6 N–H and O–H groups in total. The fourth-order valence-corrected chi connectivity index (χ4v) is 3.16. The van der Waals surface area contributed by atoms with Crippen molar-refractivity contribution in [1.29, 1.82) is 5.41 Å². The van der Waals surface area contributed by atoms with E-state index in [-0.39, 0.29) is 18.3 Å². The third-order valence-electron chi connectivity index (χ3n) is 3.65. The van der Waals surface area contributed by atoms with Crippen LogP contribution in [-0.4, -0.2) is 29.1 Å². The number of nitrogens with one attached hydrogen (secondary N) is 4. The second-order valence-corrected chi connectivity index (χ2v) is 7.33. The summed E-state index contributed by atoms with van der Waals surface area (Å²) in [6.07, 6.45) is 1.49. The first kappa shape index (κ1) is 20.9. The largest absolute Gasteiger partial charge is 0.593 e. The molecule has 0 radical (unpaired) electrons. The molecule has 2 aromatic carbocycles. The summed E-state index contributed by atoms with van der Waals surface area (Å²) in [7, 11) is 0. The number of anilines is 2. The van der Waals surface area contributed by atoms with Gasteiger partial charge in [0.2, 0.25) is 0 Å². The lowest BCUT2D eigenvalue weighted by Gasteiger charge is -2.14. The predicted molar refractivity (Wildman–Crippen MR) is 112 cm³/mol. The molecule has 2 aromatic rings. The van der Waals surface area contributed by atoms with Crippen molar-refractivity contribution in [1.82, 2.24) is 5.32 Å². The van der Waals surface area contributed by atoms with Gasteiger partial charge >= 0.3 is 0 Å². The maximum atomic E-state index is 12.5. The third kappa shape index (κ3) is 6.06. The first-order chi connectivity index (χ1) is 12.8. The fourth-order valence-electron chi connectivity index (χ4n) is 2.48. The topological polar surface area (TPSA) is 126 Å². The van der Waals surface area contributed by atoms with Crippen LogP contribution in [0.5, 0.6) is 0 Å². The van der Waals surface area contributed by atoms with E-state index in [0.717, 1.165) is 11.3 Å². The monoisotopic (exact) mass is 407 g/mol. The van der Waals surface area contributed by atoms with Crippen molar-refractivity contribution in [3.8, 4) is 0 Å². The Hall–Kier alpha value is -2.42. The molecule has 0 spiro atoms. The van der Waals surface area contributed by atoms with E-state index in [2.05, 4.69) is 15.4 Å². The molecule has 7 nitrogen and oxygen atoms in total. The zero-order valence-corrected chi connectivity index (χ0v) is 16.6. The Morgan fingerprint density at radius 2 is 2.00 bits per heavy atom. The summed E-state index contributed by atoms with van der Waals surface area (Å²) in [6.45, 7) is 2.94. The predicted octanol–water partition coefficient (Wildman–Crippen LogP) is 2.69. The number of amides is 1. The smallest absolute Gasteiger partial charge is 0.251 e. The van der Waals surface area contributed by atoms with Crippen LogP contribution in [0.3, 0.4) is 0 Å². The minimum atomic E-state index is -1.27. The number of amidine groups is 1. The number of nitrogen functional groups attached to an aromatic ring is 1. The molecule has 0 fully saturated rings. The van der Waals surface area contributed by atoms with Gasteiger partial charge in [-0.25, -0.2) is 4.72 Å². The lowest BCUT2D eigenvalue weighted by Crippen LogP contribution is -2.24. The number of halogens is 1. The number of benzene rings is 2. The Labute approximate surface area is 166 Å². The van der Waals surface area contributed by atoms with Crippen LogP contribution in [0, 0.1) is 5.41 Å². The molecule has 1 amide bonds. The van der Waals surface area contributed by atoms with E-state index in [0.29, 0.717) is 28.4 Å². The van der Waals surface area contributed by atoms with Crippen LogP contribution in [0.2, 0.25) is 5.02 Å². The van der Waals surface area contributed by atoms with Crippen molar-refractivity contribution in [2.45, 2.75) is 13.5 Å². The van der Waals surface area contributed by atoms with E-state index in [1.807, 2.05) is 13.0 Å². The molecule has 0 saturated heterocycles. The van der Waals surface area contributed by atoms with Gasteiger partial charge in [-0.3, -0.25) is 10.2 Å². The van der Waals surface area contributed by atoms with Crippen LogP contribution in [0.25, 0.3) is 0 Å². The minimum absolute atomic E-state index is 0.0167. The quantitative estimate of drug-likeness (QED) is 0.261. The van der Waals surface area contributed by atoms with E-state index in [4.69, 9.17) is 22.7 Å². The number of hydrogen-bond donors (Lipinski definition) is 5. The van der Waals surface area contributed by atoms with Crippen LogP contribution < -0.4 is 21.1 Å². The molecule has 0 bridgehead atoms. The summed E-state index contributed by atoms with van der Waals surface area (Å²) in [4.78, 5) is 12.5. The highest BCUT2D eigenvalue weighted by Crippen LogP contribution is 2.21. The summed E-state index contributed by atoms with van der Waals surface area (Å²) >= 11 is 4.78. The maximum Gasteiger partial charge on any atom is 0.251 e. The van der Waals surface area contributed by atoms with Gasteiger partial charge in [0.1, 0.15) is 12.1 Å². The first-order valence-electron chi connectivity index (χ1n) is 8.20. The van der Waals surface area contributed by atoms with Crippen LogP contribution >= 0.6 is 11.6 Å². The summed E-state index contributed by atoms with van der Waals surface area (Å²) < 4.78 is 14.0. The Morgan fingerprint density at radius 3 is 2.63 bits per heavy atom. The van der Waals surface area contributed by atoms with Crippen LogP contribution in [0.15, 0.2) is 36.4 Å². The van der Waals surface area contributed by atoms with Gasteiger partial charge in [-0.1, -0.05) is 23.7 Å². The maximum absolute atomic E-state index is 12.5. The molecule has 0 aliphatic rings. The van der Waals surface area contributed by atoms with E-state index in [1.54, 1.807) is 30.3 Å². The number of rotatable bonds is 8. The second-order valence-electron chi connectivity index (χ2n) is 5.78. The third-order valence-corrected chi connectivity index (χ3v) is 4.39. The summed E-state index contributed by atoms with van der Waals surface area (Å²) in [5.74, 6) is -0.322. The molecule has 1 atom stereocenters. The van der Waals surface area contributed by atoms with Crippen molar-refractivity contribution >= 4 is 46.1 Å². The van der Waals surface area contributed by atoms with Crippen molar-refractivity contribution in [2.24, 2.45) is 5.73 Å². The van der Waals surface area contributed by atoms with Crippen molar-refractivity contribution in [2.75, 3.05) is 22.8 Å². The molecule has 9 heteroatoms. The summed E-state index contributed by atoms with van der Waals surface area (Å²) in [6, 6.07) is 10.1. The molecule has 0 aliphatic heterocycles. The molecule has 1 unspecified atom stereocenters. The van der Waals surface area contributed by atoms with Gasteiger partial charge in [0.25, 0.3) is 5.91 Å². The zero-order valence-electron chi connectivity index (χ0n) is 15.1. The highest BCUT2D eigenvalue weighted by Gasteiger charge is 2.12. The highest BCUT2D eigenvalue weighted by molar-refractivity contribution is 7.92. The number of nitrogens with two attached hydrogens (primary N) is 1. The molecule has 0 aromatic heterocycles. The lowest BCUT2D eigenvalue weighted by atomic mass is 10.1. The van der Waals surface area contributed by atoms with Crippen molar-refractivity contribution in [3.05, 3.63) is 58.1 Å². The van der Waals surface area contributed by atoms with Gasteiger partial charge in [-0.2, -0.15) is 0 Å². The van der Waals surface area contributed by atoms with Crippen LogP contribution in [0.4, 0.5) is 11.4 Å². The Morgan fingerprint density at radius 1 is 1.26 bits per heavy atom. The Balaban J connectivity index is 2.15. The highest BCUT2D eigenvalue weighted by atomic mass is 35.5. The van der Waals surface area contributed by atoms with Crippen LogP contribution in [0.1, 0.15) is 28.4 Å². The van der Waals surface area contributed by atoms with Crippen molar-refractivity contribution in [3.63, 3.8) is 0 Å². The Bertz CT molecular complexity index is 844. The average Bonchev–Trinajstić information content (AvgIpc) is 2.59. The minimum Gasteiger partial charge on any atom is -0.593 e. The van der Waals surface area contributed by atoms with Gasteiger partial charge in [0.15, 0.2) is 0 Å². The van der Waals surface area contributed by atoms with E-state index in [9.17, 15) is 9.35 Å². The number of hydrogen-bond acceptors (Lipinski definition) is 5. The second kappa shape index (κ2) is 9.50. The average molecular weight is 408 g/mol. The SMILES string of the molecule is CCNc1cc(C(=N)N)ccc1CNC(=O)c1cc(Cl)cc(N[S+](C)[O-])c1. The van der Waals surface area contributed by atoms with Gasteiger partial charge in [-0.05, 0) is 36.8 Å². The van der Waals surface area contributed by atoms with Crippen molar-refractivity contribution < 1.29 is 9.35 Å². The van der Waals surface area contributed by atoms with Gasteiger partial charge in [-0.15, -0.1) is 0 Å². The molecular weight excluding hydrogens is 386 g/mol. The van der Waals surface area contributed by atoms with E-state index in [1.165, 1.54) is 6.26 Å². The van der Waals surface area contributed by atoms with Gasteiger partial charge in [0, 0.05) is 34.9 Å². The Kier molecular flexibility index (Phi) is 7.35. The molecule has 27 heavy (non-hydrogen) atoms. The lowest BCUT2D eigenvalue weighted by molar-refractivity contribution is 0.0951. The summed E-state index contributed by atoms with van der Waals surface area (Å²) in [5, 5.41) is 14.0. The standard InChI is InChI=1S/C18H22ClN5O2S/c1-3-22-16-8-11(17(20)21)4-5-12(16)10-23-18(25)13-6-14(19)9-15(7-13)24-27(2)26/h4-9,22,24H,3,10H2,1-2H3,(H3,20,21)(H,23,25). The molecule has 0 heterocycles. The van der Waals surface area contributed by atoms with Gasteiger partial charge in [0.05, 0.1) is 17.0 Å². The molecule has 0 aliphatic carbocycles. The van der Waals surface area contributed by atoms with E-state index >= 15 is 0 Å². The summed E-state index contributed by atoms with van der Waals surface area (Å²) in [5.41, 5.74) is 8.69. The molecule has 0 saturated carbocycles. The molecule has 2 rings (SSSR count). The fraction of sp³-hybridized carbons (Fsp3) is 0.222. The van der Waals surface area contributed by atoms with E-state index < -0.39 is 11.4 Å².